The first kappa shape index (κ1) is 15.1. The van der Waals surface area contributed by atoms with Gasteiger partial charge in [-0.05, 0) is 17.7 Å². The van der Waals surface area contributed by atoms with Gasteiger partial charge in [-0.15, -0.1) is 0 Å². The number of carbonyl (C=O) groups excluding carboxylic acids is 1. The molecular formula is C17H18O4. The molecule has 0 saturated heterocycles. The molecule has 0 heterocycles. The lowest BCUT2D eigenvalue weighted by Crippen LogP contribution is -2.15. The van der Waals surface area contributed by atoms with Crippen molar-refractivity contribution in [1.82, 2.24) is 0 Å². The minimum Gasteiger partial charge on any atom is -0.497 e. The van der Waals surface area contributed by atoms with E-state index in [1.807, 2.05) is 18.2 Å². The van der Waals surface area contributed by atoms with Crippen LogP contribution in [0.1, 0.15) is 22.0 Å². The molecule has 0 fully saturated rings. The summed E-state index contributed by atoms with van der Waals surface area (Å²) < 4.78 is 15.9. The van der Waals surface area contributed by atoms with E-state index in [0.29, 0.717) is 22.6 Å². The lowest BCUT2D eigenvalue weighted by molar-refractivity contribution is 0.0603. The highest BCUT2D eigenvalue weighted by Crippen LogP contribution is 2.29. The molecule has 0 aliphatic carbocycles. The SMILES string of the molecule is COc1cc(OC)cc(C(OC)C(=O)c2ccccc2)c1. The summed E-state index contributed by atoms with van der Waals surface area (Å²) in [5, 5.41) is 0. The smallest absolute Gasteiger partial charge is 0.196 e. The second-order valence-electron chi connectivity index (χ2n) is 4.49. The Morgan fingerprint density at radius 2 is 1.48 bits per heavy atom. The van der Waals surface area contributed by atoms with E-state index < -0.39 is 6.10 Å². The summed E-state index contributed by atoms with van der Waals surface area (Å²) in [5.74, 6) is 1.13. The summed E-state index contributed by atoms with van der Waals surface area (Å²) >= 11 is 0. The fraction of sp³-hybridized carbons (Fsp3) is 0.235. The van der Waals surface area contributed by atoms with Crippen LogP contribution < -0.4 is 9.47 Å². The molecule has 0 bridgehead atoms. The molecule has 0 spiro atoms. The zero-order valence-electron chi connectivity index (χ0n) is 12.3. The summed E-state index contributed by atoms with van der Waals surface area (Å²) in [6.45, 7) is 0. The Balaban J connectivity index is 2.39. The van der Waals surface area contributed by atoms with Crippen molar-refractivity contribution in [2.24, 2.45) is 0 Å². The van der Waals surface area contributed by atoms with Crippen LogP contribution in [0.3, 0.4) is 0 Å². The van der Waals surface area contributed by atoms with Gasteiger partial charge in [0.15, 0.2) is 5.78 Å². The Morgan fingerprint density at radius 3 is 1.95 bits per heavy atom. The number of ether oxygens (including phenoxy) is 3. The number of hydrogen-bond donors (Lipinski definition) is 0. The van der Waals surface area contributed by atoms with Gasteiger partial charge in [-0.25, -0.2) is 0 Å². The molecule has 2 aromatic rings. The highest BCUT2D eigenvalue weighted by Gasteiger charge is 2.22. The topological polar surface area (TPSA) is 44.8 Å². The van der Waals surface area contributed by atoms with Gasteiger partial charge in [0.05, 0.1) is 14.2 Å². The Hall–Kier alpha value is -2.33. The molecule has 2 rings (SSSR count). The van der Waals surface area contributed by atoms with Crippen LogP contribution in [-0.4, -0.2) is 27.1 Å². The van der Waals surface area contributed by atoms with Gasteiger partial charge in [0.2, 0.25) is 0 Å². The van der Waals surface area contributed by atoms with Crippen molar-refractivity contribution >= 4 is 5.78 Å². The Labute approximate surface area is 124 Å². The van der Waals surface area contributed by atoms with Crippen LogP contribution >= 0.6 is 0 Å². The van der Waals surface area contributed by atoms with Crippen LogP contribution in [0.15, 0.2) is 48.5 Å². The van der Waals surface area contributed by atoms with Crippen LogP contribution in [0, 0.1) is 0 Å². The van der Waals surface area contributed by atoms with Crippen molar-refractivity contribution < 1.29 is 19.0 Å². The predicted molar refractivity (Wildman–Crippen MR) is 80.1 cm³/mol. The average molecular weight is 286 g/mol. The van der Waals surface area contributed by atoms with Crippen LogP contribution in [0.25, 0.3) is 0 Å². The molecule has 1 unspecified atom stereocenters. The number of hydrogen-bond acceptors (Lipinski definition) is 4. The van der Waals surface area contributed by atoms with E-state index in [2.05, 4.69) is 0 Å². The number of rotatable bonds is 6. The van der Waals surface area contributed by atoms with E-state index in [1.54, 1.807) is 44.6 Å². The lowest BCUT2D eigenvalue weighted by atomic mass is 9.99. The zero-order valence-corrected chi connectivity index (χ0v) is 12.3. The third kappa shape index (κ3) is 3.41. The van der Waals surface area contributed by atoms with Crippen molar-refractivity contribution in [3.8, 4) is 11.5 Å². The number of methoxy groups -OCH3 is 3. The molecule has 0 radical (unpaired) electrons. The van der Waals surface area contributed by atoms with Crippen molar-refractivity contribution in [3.63, 3.8) is 0 Å². The quantitative estimate of drug-likeness (QED) is 0.764. The predicted octanol–water partition coefficient (Wildman–Crippen LogP) is 3.27. The molecule has 0 amide bonds. The highest BCUT2D eigenvalue weighted by atomic mass is 16.5. The van der Waals surface area contributed by atoms with E-state index >= 15 is 0 Å². The second-order valence-corrected chi connectivity index (χ2v) is 4.49. The molecule has 4 nitrogen and oxygen atoms in total. The summed E-state index contributed by atoms with van der Waals surface area (Å²) in [6.07, 6.45) is -0.698. The van der Waals surface area contributed by atoms with Crippen molar-refractivity contribution in [1.29, 1.82) is 0 Å². The maximum absolute atomic E-state index is 12.6. The minimum atomic E-state index is -0.698. The molecule has 110 valence electrons. The number of Topliss-reactive ketones (excluding diaryl/α,β-unsaturated/α-hetero) is 1. The molecule has 0 saturated carbocycles. The van der Waals surface area contributed by atoms with Crippen LogP contribution in [0.5, 0.6) is 11.5 Å². The Kier molecular flexibility index (Phi) is 4.95. The molecule has 0 aliphatic heterocycles. The molecule has 0 N–H and O–H groups in total. The van der Waals surface area contributed by atoms with Gasteiger partial charge in [0.1, 0.15) is 17.6 Å². The molecule has 4 heteroatoms. The van der Waals surface area contributed by atoms with E-state index in [9.17, 15) is 4.79 Å². The van der Waals surface area contributed by atoms with Crippen molar-refractivity contribution in [2.45, 2.75) is 6.10 Å². The van der Waals surface area contributed by atoms with Crippen molar-refractivity contribution in [2.75, 3.05) is 21.3 Å². The van der Waals surface area contributed by atoms with Gasteiger partial charge in [-0.2, -0.15) is 0 Å². The van der Waals surface area contributed by atoms with Gasteiger partial charge in [0, 0.05) is 18.7 Å². The fourth-order valence-electron chi connectivity index (χ4n) is 2.13. The molecule has 0 aromatic heterocycles. The van der Waals surface area contributed by atoms with Crippen LogP contribution in [0.4, 0.5) is 0 Å². The number of ketones is 1. The lowest BCUT2D eigenvalue weighted by Gasteiger charge is -2.16. The highest BCUT2D eigenvalue weighted by molar-refractivity contribution is 6.00. The molecular weight excluding hydrogens is 268 g/mol. The Bertz CT molecular complexity index is 585. The number of benzene rings is 2. The number of carbonyl (C=O) groups is 1. The Morgan fingerprint density at radius 1 is 0.905 bits per heavy atom. The third-order valence-corrected chi connectivity index (χ3v) is 3.21. The summed E-state index contributed by atoms with van der Waals surface area (Å²) in [5.41, 5.74) is 1.30. The fourth-order valence-corrected chi connectivity index (χ4v) is 2.13. The normalized spacial score (nSPS) is 11.8. The summed E-state index contributed by atoms with van der Waals surface area (Å²) in [6, 6.07) is 14.4. The first-order valence-corrected chi connectivity index (χ1v) is 6.54. The van der Waals surface area contributed by atoms with E-state index in [4.69, 9.17) is 14.2 Å². The van der Waals surface area contributed by atoms with Gasteiger partial charge >= 0.3 is 0 Å². The monoisotopic (exact) mass is 286 g/mol. The second kappa shape index (κ2) is 6.90. The van der Waals surface area contributed by atoms with Crippen molar-refractivity contribution in [3.05, 3.63) is 59.7 Å². The largest absolute Gasteiger partial charge is 0.497 e. The summed E-state index contributed by atoms with van der Waals surface area (Å²) in [4.78, 5) is 12.6. The van der Waals surface area contributed by atoms with Crippen LogP contribution in [-0.2, 0) is 4.74 Å². The van der Waals surface area contributed by atoms with E-state index in [0.717, 1.165) is 0 Å². The van der Waals surface area contributed by atoms with Crippen LogP contribution in [0.2, 0.25) is 0 Å². The molecule has 21 heavy (non-hydrogen) atoms. The molecule has 2 aromatic carbocycles. The first-order valence-electron chi connectivity index (χ1n) is 6.54. The maximum atomic E-state index is 12.6. The van der Waals surface area contributed by atoms with Gasteiger partial charge in [-0.3, -0.25) is 4.79 Å². The zero-order chi connectivity index (χ0) is 15.2. The molecule has 0 aliphatic rings. The first-order chi connectivity index (χ1) is 10.2. The van der Waals surface area contributed by atoms with E-state index in [-0.39, 0.29) is 5.78 Å². The standard InChI is InChI=1S/C17H18O4/c1-19-14-9-13(10-15(11-14)20-2)17(21-3)16(18)12-7-5-4-6-8-12/h4-11,17H,1-3H3. The third-order valence-electron chi connectivity index (χ3n) is 3.21. The van der Waals surface area contributed by atoms with Gasteiger partial charge in [-0.1, -0.05) is 30.3 Å². The summed E-state index contributed by atoms with van der Waals surface area (Å²) in [7, 11) is 4.65. The average Bonchev–Trinajstić information content (AvgIpc) is 2.55. The minimum absolute atomic E-state index is 0.103. The maximum Gasteiger partial charge on any atom is 0.196 e. The van der Waals surface area contributed by atoms with E-state index in [1.165, 1.54) is 7.11 Å². The van der Waals surface area contributed by atoms with Gasteiger partial charge < -0.3 is 14.2 Å². The molecule has 1 atom stereocenters. The van der Waals surface area contributed by atoms with Gasteiger partial charge in [0.25, 0.3) is 0 Å².